The highest BCUT2D eigenvalue weighted by Crippen LogP contribution is 2.41. The van der Waals surface area contributed by atoms with Gasteiger partial charge in [0, 0.05) is 44.0 Å². The van der Waals surface area contributed by atoms with Gasteiger partial charge in [-0.25, -0.2) is 19.6 Å². The van der Waals surface area contributed by atoms with Crippen molar-refractivity contribution in [1.29, 1.82) is 0 Å². The van der Waals surface area contributed by atoms with Crippen LogP contribution in [-0.2, 0) is 9.53 Å². The van der Waals surface area contributed by atoms with Crippen LogP contribution in [0.2, 0.25) is 5.02 Å². The molecule has 5 amide bonds. The van der Waals surface area contributed by atoms with E-state index in [2.05, 4.69) is 46.3 Å². The van der Waals surface area contributed by atoms with Gasteiger partial charge in [0.1, 0.15) is 23.4 Å². The number of methoxy groups -OCH3 is 1. The SMILES string of the molecule is CNC(=O)N[C@@H](C)CNc1ccc(C(=O)Nc2cc(OC(F)(F)F)c(-c3ccc(-c4cnc([C@@H]5CCCN5C(=O)[C@@H](NC(=O)OC)C(C)C)[nH]4)cc3)cc2Cl)cn1. The lowest BCUT2D eigenvalue weighted by Gasteiger charge is -2.30. The normalized spacial score (nSPS) is 15.1. The highest BCUT2D eigenvalue weighted by molar-refractivity contribution is 6.34. The van der Waals surface area contributed by atoms with Crippen LogP contribution in [0.25, 0.3) is 22.4 Å². The number of H-pyrrole nitrogens is 1. The number of alkyl carbamates (subject to hydrolysis) is 1. The van der Waals surface area contributed by atoms with E-state index >= 15 is 0 Å². The Hall–Kier alpha value is -6.04. The van der Waals surface area contributed by atoms with Crippen molar-refractivity contribution in [3.63, 3.8) is 0 Å². The van der Waals surface area contributed by atoms with E-state index in [-0.39, 0.29) is 51.8 Å². The molecule has 0 aliphatic carbocycles. The monoisotopic (exact) mass is 813 g/mol. The number of likely N-dealkylation sites (tertiary alicyclic amines) is 1. The van der Waals surface area contributed by atoms with Gasteiger partial charge in [0.25, 0.3) is 5.91 Å². The Balaban J connectivity index is 1.30. The largest absolute Gasteiger partial charge is 0.573 e. The van der Waals surface area contributed by atoms with Gasteiger partial charge in [0.05, 0.1) is 41.3 Å². The number of carbonyl (C=O) groups is 4. The number of nitrogens with one attached hydrogen (secondary N) is 6. The maximum atomic E-state index is 13.6. The lowest BCUT2D eigenvalue weighted by atomic mass is 10.0. The third-order valence-corrected chi connectivity index (χ3v) is 9.42. The summed E-state index contributed by atoms with van der Waals surface area (Å²) in [5.74, 6) is -0.734. The number of rotatable bonds is 13. The number of amides is 5. The second-order valence-electron chi connectivity index (χ2n) is 13.6. The average molecular weight is 814 g/mol. The molecule has 2 aromatic carbocycles. The van der Waals surface area contributed by atoms with E-state index in [4.69, 9.17) is 16.3 Å². The maximum Gasteiger partial charge on any atom is 0.573 e. The van der Waals surface area contributed by atoms with Gasteiger partial charge < -0.3 is 45.9 Å². The summed E-state index contributed by atoms with van der Waals surface area (Å²) in [6.45, 7) is 6.28. The van der Waals surface area contributed by atoms with Crippen LogP contribution in [0.15, 0.2) is 60.9 Å². The fourth-order valence-electron chi connectivity index (χ4n) is 6.19. The number of hydrogen-bond donors (Lipinski definition) is 6. The predicted molar refractivity (Wildman–Crippen MR) is 207 cm³/mol. The molecule has 0 radical (unpaired) electrons. The molecular formula is C38H43ClF3N9O6. The molecule has 0 spiro atoms. The second-order valence-corrected chi connectivity index (χ2v) is 14.0. The number of carbonyl (C=O) groups excluding carboxylic acids is 4. The number of benzene rings is 2. The Morgan fingerprint density at radius 3 is 2.35 bits per heavy atom. The first kappa shape index (κ1) is 42.1. The first-order valence-corrected chi connectivity index (χ1v) is 18.3. The average Bonchev–Trinajstić information content (AvgIpc) is 3.87. The molecule has 3 atom stereocenters. The number of alkyl halides is 3. The van der Waals surface area contributed by atoms with Crippen LogP contribution in [-0.4, -0.2) is 89.5 Å². The summed E-state index contributed by atoms with van der Waals surface area (Å²) in [4.78, 5) is 63.7. The number of ether oxygens (including phenoxy) is 2. The zero-order valence-electron chi connectivity index (χ0n) is 31.7. The minimum Gasteiger partial charge on any atom is -0.453 e. The molecule has 2 aromatic heterocycles. The molecule has 1 saturated heterocycles. The third kappa shape index (κ3) is 10.8. The van der Waals surface area contributed by atoms with Crippen molar-refractivity contribution in [2.45, 2.75) is 58.1 Å². The smallest absolute Gasteiger partial charge is 0.453 e. The molecule has 0 unspecified atom stereocenters. The molecule has 5 rings (SSSR count). The van der Waals surface area contributed by atoms with Crippen molar-refractivity contribution in [3.8, 4) is 28.1 Å². The number of pyridine rings is 1. The van der Waals surface area contributed by atoms with Crippen molar-refractivity contribution in [1.82, 2.24) is 35.8 Å². The molecule has 19 heteroatoms. The minimum absolute atomic E-state index is 0.0183. The van der Waals surface area contributed by atoms with E-state index in [9.17, 15) is 32.3 Å². The van der Waals surface area contributed by atoms with Crippen LogP contribution < -0.4 is 31.3 Å². The highest BCUT2D eigenvalue weighted by atomic mass is 35.5. The summed E-state index contributed by atoms with van der Waals surface area (Å²) < 4.78 is 50.0. The molecule has 304 valence electrons. The Morgan fingerprint density at radius 1 is 1.00 bits per heavy atom. The van der Waals surface area contributed by atoms with Gasteiger partial charge in [-0.3, -0.25) is 9.59 Å². The lowest BCUT2D eigenvalue weighted by Crippen LogP contribution is -2.51. The molecule has 0 bridgehead atoms. The molecule has 1 aliphatic rings. The van der Waals surface area contributed by atoms with Crippen LogP contribution in [0.4, 0.5) is 34.3 Å². The van der Waals surface area contributed by atoms with E-state index in [1.54, 1.807) is 42.3 Å². The summed E-state index contributed by atoms with van der Waals surface area (Å²) in [5, 5.41) is 13.3. The highest BCUT2D eigenvalue weighted by Gasteiger charge is 2.38. The zero-order chi connectivity index (χ0) is 41.4. The number of halogens is 4. The summed E-state index contributed by atoms with van der Waals surface area (Å²) in [7, 11) is 2.73. The van der Waals surface area contributed by atoms with Crippen molar-refractivity contribution < 1.29 is 41.8 Å². The molecular weight excluding hydrogens is 771 g/mol. The van der Waals surface area contributed by atoms with E-state index in [1.807, 2.05) is 13.8 Å². The molecule has 3 heterocycles. The first-order valence-electron chi connectivity index (χ1n) is 18.0. The Kier molecular flexibility index (Phi) is 13.5. The van der Waals surface area contributed by atoms with Gasteiger partial charge in [-0.15, -0.1) is 13.2 Å². The van der Waals surface area contributed by atoms with Crippen LogP contribution in [0.1, 0.15) is 55.8 Å². The molecule has 6 N–H and O–H groups in total. The molecule has 4 aromatic rings. The van der Waals surface area contributed by atoms with Gasteiger partial charge in [0.2, 0.25) is 5.91 Å². The number of hydrogen-bond acceptors (Lipinski definition) is 9. The molecule has 1 aliphatic heterocycles. The van der Waals surface area contributed by atoms with Gasteiger partial charge in [-0.1, -0.05) is 49.7 Å². The summed E-state index contributed by atoms with van der Waals surface area (Å²) in [5.41, 5.74) is 1.62. The summed E-state index contributed by atoms with van der Waals surface area (Å²) in [6, 6.07) is 10.1. The van der Waals surface area contributed by atoms with Crippen LogP contribution in [0.5, 0.6) is 5.75 Å². The predicted octanol–water partition coefficient (Wildman–Crippen LogP) is 6.72. The number of imidazole rings is 1. The summed E-state index contributed by atoms with van der Waals surface area (Å²) >= 11 is 6.51. The zero-order valence-corrected chi connectivity index (χ0v) is 32.5. The summed E-state index contributed by atoms with van der Waals surface area (Å²) in [6.07, 6.45) is -1.48. The fraction of sp³-hybridized carbons (Fsp3) is 0.368. The topological polar surface area (TPSA) is 192 Å². The molecule has 0 saturated carbocycles. The molecule has 15 nitrogen and oxygen atoms in total. The maximum absolute atomic E-state index is 13.6. The number of nitrogens with zero attached hydrogens (tertiary/aromatic N) is 3. The Morgan fingerprint density at radius 2 is 1.72 bits per heavy atom. The Bertz CT molecular complexity index is 2060. The van der Waals surface area contributed by atoms with Crippen molar-refractivity contribution >= 4 is 47.0 Å². The van der Waals surface area contributed by atoms with Gasteiger partial charge >= 0.3 is 18.5 Å². The fourth-order valence-corrected chi connectivity index (χ4v) is 6.40. The number of anilines is 2. The van der Waals surface area contributed by atoms with Crippen LogP contribution in [0, 0.1) is 5.92 Å². The van der Waals surface area contributed by atoms with E-state index < -0.39 is 30.2 Å². The van der Waals surface area contributed by atoms with E-state index in [0.29, 0.717) is 48.0 Å². The molecule has 1 fully saturated rings. The van der Waals surface area contributed by atoms with Gasteiger partial charge in [-0.2, -0.15) is 0 Å². The van der Waals surface area contributed by atoms with Crippen LogP contribution >= 0.6 is 11.6 Å². The van der Waals surface area contributed by atoms with E-state index in [0.717, 1.165) is 12.5 Å². The lowest BCUT2D eigenvalue weighted by molar-refractivity contribution is -0.274. The van der Waals surface area contributed by atoms with Crippen LogP contribution in [0.3, 0.4) is 0 Å². The van der Waals surface area contributed by atoms with Gasteiger partial charge in [-0.05, 0) is 55.0 Å². The number of urea groups is 1. The standard InChI is InChI=1S/C38H43ClF3N9O6/c1-20(2)32(50-37(55)56-5)35(53)51-14-6-7-29(51)33-46-19-28(48-33)23-10-8-22(9-11-23)25-15-26(39)27(16-30(25)57-38(40,41)42)49-34(52)24-12-13-31(45-18-24)44-17-21(3)47-36(54)43-4/h8-13,15-16,18-21,29,32H,6-7,14,17H2,1-5H3,(H,44,45)(H,46,48)(H,49,52)(H,50,55)(H2,43,47,54)/t21-,29-,32-/m0/s1. The van der Waals surface area contributed by atoms with Crippen molar-refractivity contribution in [2.24, 2.45) is 5.92 Å². The van der Waals surface area contributed by atoms with Gasteiger partial charge in [0.15, 0.2) is 0 Å². The quantitative estimate of drug-likeness (QED) is 0.0851. The Labute approximate surface area is 331 Å². The van der Waals surface area contributed by atoms with E-state index in [1.165, 1.54) is 38.6 Å². The van der Waals surface area contributed by atoms with Crippen molar-refractivity contribution in [2.75, 3.05) is 37.9 Å². The van der Waals surface area contributed by atoms with Crippen molar-refractivity contribution in [3.05, 3.63) is 77.3 Å². The first-order chi connectivity index (χ1) is 27.1. The number of aromatic amines is 1. The molecule has 57 heavy (non-hydrogen) atoms. The second kappa shape index (κ2) is 18.3. The number of aromatic nitrogens is 3. The third-order valence-electron chi connectivity index (χ3n) is 9.11. The minimum atomic E-state index is -5.06.